The van der Waals surface area contributed by atoms with Gasteiger partial charge in [-0.2, -0.15) is 0 Å². The second-order valence-electron chi connectivity index (χ2n) is 3.35. The van der Waals surface area contributed by atoms with Crippen LogP contribution in [0, 0.1) is 5.92 Å². The van der Waals surface area contributed by atoms with Crippen molar-refractivity contribution in [3.05, 3.63) is 11.1 Å². The zero-order valence-corrected chi connectivity index (χ0v) is 6.68. The van der Waals surface area contributed by atoms with Gasteiger partial charge in [0.25, 0.3) is 0 Å². The van der Waals surface area contributed by atoms with E-state index in [1.165, 1.54) is 19.3 Å². The highest BCUT2D eigenvalue weighted by atomic mass is 16.5. The van der Waals surface area contributed by atoms with Crippen molar-refractivity contribution in [3.63, 3.8) is 0 Å². The fourth-order valence-electron chi connectivity index (χ4n) is 2.37. The third-order valence-electron chi connectivity index (χ3n) is 2.91. The molecule has 1 nitrogen and oxygen atoms in total. The van der Waals surface area contributed by atoms with Crippen LogP contribution in [-0.4, -0.2) is 13.2 Å². The lowest BCUT2D eigenvalue weighted by atomic mass is 9.77. The number of ether oxygens (including phenoxy) is 1. The van der Waals surface area contributed by atoms with Gasteiger partial charge < -0.3 is 4.74 Å². The van der Waals surface area contributed by atoms with E-state index in [4.69, 9.17) is 4.74 Å². The zero-order valence-electron chi connectivity index (χ0n) is 6.68. The van der Waals surface area contributed by atoms with Gasteiger partial charge in [-0.1, -0.05) is 12.5 Å². The average molecular weight is 138 g/mol. The molecular weight excluding hydrogens is 124 g/mol. The van der Waals surface area contributed by atoms with Gasteiger partial charge in [-0.15, -0.1) is 0 Å². The summed E-state index contributed by atoms with van der Waals surface area (Å²) in [4.78, 5) is 0. The summed E-state index contributed by atoms with van der Waals surface area (Å²) in [6.45, 7) is 2.28. The van der Waals surface area contributed by atoms with Crippen LogP contribution in [0.4, 0.5) is 0 Å². The smallest absolute Gasteiger partial charge is 0.0846 e. The van der Waals surface area contributed by atoms with Crippen molar-refractivity contribution in [3.8, 4) is 0 Å². The number of hydrogen-bond donors (Lipinski definition) is 0. The first-order chi connectivity index (χ1) is 4.84. The zero-order chi connectivity index (χ0) is 7.14. The molecule has 0 unspecified atom stereocenters. The molecule has 0 aromatic carbocycles. The Morgan fingerprint density at radius 1 is 1.30 bits per heavy atom. The van der Waals surface area contributed by atoms with Gasteiger partial charge in [0.1, 0.15) is 0 Å². The first-order valence-corrected chi connectivity index (χ1v) is 4.09. The molecule has 1 heteroatoms. The second kappa shape index (κ2) is 2.09. The Morgan fingerprint density at radius 3 is 2.70 bits per heavy atom. The van der Waals surface area contributed by atoms with Crippen molar-refractivity contribution in [2.75, 3.05) is 7.11 Å². The van der Waals surface area contributed by atoms with E-state index in [0.717, 1.165) is 5.92 Å². The Balaban J connectivity index is 2.18. The van der Waals surface area contributed by atoms with Crippen LogP contribution in [-0.2, 0) is 4.74 Å². The first-order valence-electron chi connectivity index (χ1n) is 4.09. The predicted octanol–water partition coefficient (Wildman–Crippen LogP) is 2.13. The summed E-state index contributed by atoms with van der Waals surface area (Å²) in [5, 5.41) is 0. The van der Waals surface area contributed by atoms with E-state index in [2.05, 4.69) is 6.92 Å². The summed E-state index contributed by atoms with van der Waals surface area (Å²) in [6.07, 6.45) is 4.50. The molecule has 56 valence electrons. The predicted molar refractivity (Wildman–Crippen MR) is 40.8 cm³/mol. The minimum Gasteiger partial charge on any atom is -0.376 e. The Morgan fingerprint density at radius 2 is 2.00 bits per heavy atom. The van der Waals surface area contributed by atoms with Gasteiger partial charge in [-0.3, -0.25) is 0 Å². The van der Waals surface area contributed by atoms with Crippen LogP contribution < -0.4 is 0 Å². The maximum absolute atomic E-state index is 5.35. The molecule has 0 aromatic rings. The SMILES string of the molecule is CO[C@@H]1C2=C(CCC2)[C@@H]1C. The Hall–Kier alpha value is -0.300. The molecule has 0 amide bonds. The van der Waals surface area contributed by atoms with Crippen molar-refractivity contribution >= 4 is 0 Å². The number of rotatable bonds is 1. The van der Waals surface area contributed by atoms with Crippen molar-refractivity contribution in [2.45, 2.75) is 32.3 Å². The van der Waals surface area contributed by atoms with E-state index < -0.39 is 0 Å². The van der Waals surface area contributed by atoms with E-state index in [9.17, 15) is 0 Å². The molecule has 0 saturated carbocycles. The van der Waals surface area contributed by atoms with Gasteiger partial charge in [0.2, 0.25) is 0 Å². The summed E-state index contributed by atoms with van der Waals surface area (Å²) in [7, 11) is 1.82. The van der Waals surface area contributed by atoms with Gasteiger partial charge in [0.05, 0.1) is 6.10 Å². The Labute approximate surface area is 62.1 Å². The molecular formula is C9H14O. The highest BCUT2D eigenvalue weighted by Crippen LogP contribution is 2.46. The largest absolute Gasteiger partial charge is 0.376 e. The number of hydrogen-bond acceptors (Lipinski definition) is 1. The van der Waals surface area contributed by atoms with Crippen molar-refractivity contribution in [1.82, 2.24) is 0 Å². The average Bonchev–Trinajstić information content (AvgIpc) is 2.33. The molecule has 0 radical (unpaired) electrons. The third kappa shape index (κ3) is 0.615. The molecule has 0 spiro atoms. The van der Waals surface area contributed by atoms with E-state index >= 15 is 0 Å². The van der Waals surface area contributed by atoms with Gasteiger partial charge in [-0.25, -0.2) is 0 Å². The summed E-state index contributed by atoms with van der Waals surface area (Å²) in [5.41, 5.74) is 3.32. The summed E-state index contributed by atoms with van der Waals surface area (Å²) in [5.74, 6) is 0.725. The number of methoxy groups -OCH3 is 1. The monoisotopic (exact) mass is 138 g/mol. The third-order valence-corrected chi connectivity index (χ3v) is 2.91. The maximum Gasteiger partial charge on any atom is 0.0846 e. The van der Waals surface area contributed by atoms with Crippen molar-refractivity contribution in [2.24, 2.45) is 5.92 Å². The molecule has 0 N–H and O–H groups in total. The van der Waals surface area contributed by atoms with Crippen LogP contribution in [0.3, 0.4) is 0 Å². The standard InChI is InChI=1S/C9H14O/c1-6-7-4-3-5-8(7)9(6)10-2/h6,9H,3-5H2,1-2H3/t6-,9-/m0/s1. The van der Waals surface area contributed by atoms with Crippen LogP contribution in [0.5, 0.6) is 0 Å². The molecule has 2 rings (SSSR count). The fourth-order valence-corrected chi connectivity index (χ4v) is 2.37. The highest BCUT2D eigenvalue weighted by molar-refractivity contribution is 5.37. The Kier molecular flexibility index (Phi) is 1.34. The molecule has 0 aromatic heterocycles. The first kappa shape index (κ1) is 6.41. The fraction of sp³-hybridized carbons (Fsp3) is 0.778. The van der Waals surface area contributed by atoms with Crippen molar-refractivity contribution in [1.29, 1.82) is 0 Å². The van der Waals surface area contributed by atoms with Crippen LogP contribution in [0.2, 0.25) is 0 Å². The van der Waals surface area contributed by atoms with Crippen LogP contribution >= 0.6 is 0 Å². The minimum absolute atomic E-state index is 0.484. The van der Waals surface area contributed by atoms with E-state index in [1.807, 2.05) is 7.11 Å². The van der Waals surface area contributed by atoms with Gasteiger partial charge >= 0.3 is 0 Å². The quantitative estimate of drug-likeness (QED) is 0.504. The van der Waals surface area contributed by atoms with Gasteiger partial charge in [-0.05, 0) is 24.8 Å². The molecule has 2 aliphatic rings. The van der Waals surface area contributed by atoms with Gasteiger partial charge in [0.15, 0.2) is 0 Å². The lowest BCUT2D eigenvalue weighted by molar-refractivity contribution is 0.0763. The van der Waals surface area contributed by atoms with E-state index in [1.54, 1.807) is 11.1 Å². The molecule has 0 heterocycles. The molecule has 0 aliphatic heterocycles. The Bertz CT molecular complexity index is 181. The lowest BCUT2D eigenvalue weighted by Crippen LogP contribution is -2.33. The van der Waals surface area contributed by atoms with Crippen molar-refractivity contribution < 1.29 is 4.74 Å². The maximum atomic E-state index is 5.35. The van der Waals surface area contributed by atoms with E-state index in [0.29, 0.717) is 6.10 Å². The summed E-state index contributed by atoms with van der Waals surface area (Å²) < 4.78 is 5.35. The molecule has 0 fully saturated rings. The molecule has 2 aliphatic carbocycles. The minimum atomic E-state index is 0.484. The van der Waals surface area contributed by atoms with E-state index in [-0.39, 0.29) is 0 Å². The highest BCUT2D eigenvalue weighted by Gasteiger charge is 2.39. The molecule has 0 bridgehead atoms. The normalized spacial score (nSPS) is 37.8. The van der Waals surface area contributed by atoms with Crippen LogP contribution in [0.25, 0.3) is 0 Å². The van der Waals surface area contributed by atoms with Crippen LogP contribution in [0.15, 0.2) is 11.1 Å². The van der Waals surface area contributed by atoms with Crippen LogP contribution in [0.1, 0.15) is 26.2 Å². The summed E-state index contributed by atoms with van der Waals surface area (Å²) in [6, 6.07) is 0. The molecule has 10 heavy (non-hydrogen) atoms. The second-order valence-corrected chi connectivity index (χ2v) is 3.35. The molecule has 0 saturated heterocycles. The van der Waals surface area contributed by atoms with Gasteiger partial charge in [0, 0.05) is 13.0 Å². The lowest BCUT2D eigenvalue weighted by Gasteiger charge is -2.35. The molecule has 2 atom stereocenters. The summed E-state index contributed by atoms with van der Waals surface area (Å²) >= 11 is 0. The topological polar surface area (TPSA) is 9.23 Å².